The van der Waals surface area contributed by atoms with Crippen molar-refractivity contribution in [2.45, 2.75) is 6.10 Å². The predicted molar refractivity (Wildman–Crippen MR) is 78.1 cm³/mol. The Balaban J connectivity index is 2.27. The summed E-state index contributed by atoms with van der Waals surface area (Å²) in [6.07, 6.45) is 1.61. The first-order chi connectivity index (χ1) is 11.0. The Morgan fingerprint density at radius 2 is 1.70 bits per heavy atom. The fraction of sp³-hybridized carbons (Fsp3) is 0.267. The molecule has 0 aliphatic rings. The van der Waals surface area contributed by atoms with Crippen LogP contribution in [0.25, 0.3) is 0 Å². The maximum absolute atomic E-state index is 13.3. The molecule has 1 aromatic heterocycles. The molecule has 122 valence electrons. The lowest BCUT2D eigenvalue weighted by Crippen LogP contribution is -2.33. The van der Waals surface area contributed by atoms with Crippen LogP contribution in [0.4, 0.5) is 14.7 Å². The number of benzene rings is 1. The Morgan fingerprint density at radius 1 is 1.13 bits per heavy atom. The zero-order valence-corrected chi connectivity index (χ0v) is 12.8. The largest absolute Gasteiger partial charge is 0.494 e. The van der Waals surface area contributed by atoms with Gasteiger partial charge in [-0.3, -0.25) is 9.69 Å². The van der Waals surface area contributed by atoms with Gasteiger partial charge in [-0.05, 0) is 17.7 Å². The van der Waals surface area contributed by atoms with Crippen molar-refractivity contribution in [3.63, 3.8) is 0 Å². The molecule has 1 amide bonds. The van der Waals surface area contributed by atoms with Gasteiger partial charge >= 0.3 is 0 Å². The molecule has 2 aromatic rings. The van der Waals surface area contributed by atoms with Crippen molar-refractivity contribution in [3.8, 4) is 5.75 Å². The van der Waals surface area contributed by atoms with Crippen LogP contribution in [0.2, 0.25) is 0 Å². The number of nitrogens with zero attached hydrogens (tertiary/aromatic N) is 3. The number of aromatic nitrogens is 2. The van der Waals surface area contributed by atoms with Gasteiger partial charge in [0.1, 0.15) is 11.6 Å². The van der Waals surface area contributed by atoms with Gasteiger partial charge in [-0.2, -0.15) is 0 Å². The second-order valence-corrected chi connectivity index (χ2v) is 4.64. The van der Waals surface area contributed by atoms with Gasteiger partial charge in [-0.1, -0.05) is 0 Å². The number of anilines is 1. The Kier molecular flexibility index (Phi) is 5.17. The molecule has 0 spiro atoms. The fourth-order valence-electron chi connectivity index (χ4n) is 1.97. The SMILES string of the molecule is COc1cnc(N(C)C(=O)C(OC)c2cc(F)cc(F)c2)nc1. The lowest BCUT2D eigenvalue weighted by molar-refractivity contribution is -0.128. The van der Waals surface area contributed by atoms with Crippen LogP contribution in [0, 0.1) is 11.6 Å². The molecule has 0 N–H and O–H groups in total. The van der Waals surface area contributed by atoms with Crippen LogP contribution < -0.4 is 9.64 Å². The zero-order valence-electron chi connectivity index (χ0n) is 12.8. The van der Waals surface area contributed by atoms with E-state index in [2.05, 4.69) is 9.97 Å². The summed E-state index contributed by atoms with van der Waals surface area (Å²) < 4.78 is 36.7. The summed E-state index contributed by atoms with van der Waals surface area (Å²) in [5.41, 5.74) is 0.0651. The Labute approximate surface area is 131 Å². The molecular formula is C15H15F2N3O3. The van der Waals surface area contributed by atoms with Crippen molar-refractivity contribution in [2.24, 2.45) is 0 Å². The third kappa shape index (κ3) is 3.78. The van der Waals surface area contributed by atoms with E-state index in [-0.39, 0.29) is 11.5 Å². The maximum atomic E-state index is 13.3. The minimum absolute atomic E-state index is 0.0651. The molecule has 0 radical (unpaired) electrons. The van der Waals surface area contributed by atoms with Crippen LogP contribution in [0.15, 0.2) is 30.6 Å². The molecule has 23 heavy (non-hydrogen) atoms. The molecule has 6 nitrogen and oxygen atoms in total. The first kappa shape index (κ1) is 16.8. The number of halogens is 2. The number of methoxy groups -OCH3 is 2. The topological polar surface area (TPSA) is 64.5 Å². The van der Waals surface area contributed by atoms with Gasteiger partial charge < -0.3 is 9.47 Å². The Hall–Kier alpha value is -2.61. The second-order valence-electron chi connectivity index (χ2n) is 4.64. The van der Waals surface area contributed by atoms with Crippen LogP contribution in [0.5, 0.6) is 5.75 Å². The summed E-state index contributed by atoms with van der Waals surface area (Å²) in [6.45, 7) is 0. The average Bonchev–Trinajstić information content (AvgIpc) is 2.54. The molecule has 1 atom stereocenters. The lowest BCUT2D eigenvalue weighted by atomic mass is 10.1. The standard InChI is InChI=1S/C15H15F2N3O3/c1-20(15-18-7-12(22-2)8-19-15)14(21)13(23-3)9-4-10(16)6-11(17)5-9/h4-8,13H,1-3H3. The van der Waals surface area contributed by atoms with E-state index in [1.54, 1.807) is 0 Å². The van der Waals surface area contributed by atoms with Gasteiger partial charge in [-0.15, -0.1) is 0 Å². The summed E-state index contributed by atoms with van der Waals surface area (Å²) >= 11 is 0. The first-order valence-electron chi connectivity index (χ1n) is 6.58. The quantitative estimate of drug-likeness (QED) is 0.843. The highest BCUT2D eigenvalue weighted by Gasteiger charge is 2.26. The van der Waals surface area contributed by atoms with Crippen molar-refractivity contribution in [3.05, 3.63) is 47.8 Å². The molecule has 0 aliphatic heterocycles. The minimum Gasteiger partial charge on any atom is -0.494 e. The number of likely N-dealkylation sites (N-methyl/N-ethyl adjacent to an activating group) is 1. The van der Waals surface area contributed by atoms with E-state index in [4.69, 9.17) is 9.47 Å². The van der Waals surface area contributed by atoms with Gasteiger partial charge in [0.15, 0.2) is 11.9 Å². The number of amides is 1. The van der Waals surface area contributed by atoms with Gasteiger partial charge in [-0.25, -0.2) is 18.7 Å². The third-order valence-electron chi connectivity index (χ3n) is 3.13. The summed E-state index contributed by atoms with van der Waals surface area (Å²) in [7, 11) is 4.17. The van der Waals surface area contributed by atoms with Crippen LogP contribution in [-0.2, 0) is 9.53 Å². The number of rotatable bonds is 5. The monoisotopic (exact) mass is 323 g/mol. The van der Waals surface area contributed by atoms with E-state index >= 15 is 0 Å². The molecule has 0 saturated carbocycles. The molecule has 1 unspecified atom stereocenters. The summed E-state index contributed by atoms with van der Waals surface area (Å²) in [5, 5.41) is 0. The number of ether oxygens (including phenoxy) is 2. The summed E-state index contributed by atoms with van der Waals surface area (Å²) in [6, 6.07) is 2.80. The van der Waals surface area contributed by atoms with Crippen molar-refractivity contribution in [2.75, 3.05) is 26.2 Å². The van der Waals surface area contributed by atoms with Gasteiger partial charge in [0, 0.05) is 20.2 Å². The molecule has 0 saturated heterocycles. The van der Waals surface area contributed by atoms with E-state index in [9.17, 15) is 13.6 Å². The Morgan fingerprint density at radius 3 is 2.17 bits per heavy atom. The summed E-state index contributed by atoms with van der Waals surface area (Å²) in [4.78, 5) is 21.6. The molecule has 1 aromatic carbocycles. The smallest absolute Gasteiger partial charge is 0.262 e. The van der Waals surface area contributed by atoms with Gasteiger partial charge in [0.25, 0.3) is 5.91 Å². The van der Waals surface area contributed by atoms with Gasteiger partial charge in [0.05, 0.1) is 19.5 Å². The van der Waals surface area contributed by atoms with E-state index in [1.807, 2.05) is 0 Å². The molecule has 0 fully saturated rings. The van der Waals surface area contributed by atoms with Crippen molar-refractivity contribution in [1.82, 2.24) is 9.97 Å². The van der Waals surface area contributed by atoms with Crippen molar-refractivity contribution in [1.29, 1.82) is 0 Å². The van der Waals surface area contributed by atoms with Crippen LogP contribution in [-0.4, -0.2) is 37.1 Å². The highest BCUT2D eigenvalue weighted by atomic mass is 19.1. The van der Waals surface area contributed by atoms with E-state index in [1.165, 1.54) is 33.7 Å². The normalized spacial score (nSPS) is 11.9. The van der Waals surface area contributed by atoms with E-state index in [0.717, 1.165) is 23.1 Å². The lowest BCUT2D eigenvalue weighted by Gasteiger charge is -2.21. The first-order valence-corrected chi connectivity index (χ1v) is 6.58. The van der Waals surface area contributed by atoms with Crippen LogP contribution in [0.3, 0.4) is 0 Å². The third-order valence-corrected chi connectivity index (χ3v) is 3.13. The minimum atomic E-state index is -1.18. The summed E-state index contributed by atoms with van der Waals surface area (Å²) in [5.74, 6) is -1.61. The van der Waals surface area contributed by atoms with Crippen molar-refractivity contribution >= 4 is 11.9 Å². The Bertz CT molecular complexity index is 675. The van der Waals surface area contributed by atoms with E-state index < -0.39 is 23.6 Å². The fourth-order valence-corrected chi connectivity index (χ4v) is 1.97. The molecule has 0 bridgehead atoms. The number of carbonyl (C=O) groups excluding carboxylic acids is 1. The zero-order chi connectivity index (χ0) is 17.0. The average molecular weight is 323 g/mol. The maximum Gasteiger partial charge on any atom is 0.262 e. The molecule has 8 heteroatoms. The van der Waals surface area contributed by atoms with Gasteiger partial charge in [0.2, 0.25) is 5.95 Å². The predicted octanol–water partition coefficient (Wildman–Crippen LogP) is 2.11. The highest BCUT2D eigenvalue weighted by molar-refractivity contribution is 5.95. The number of hydrogen-bond acceptors (Lipinski definition) is 5. The highest BCUT2D eigenvalue weighted by Crippen LogP contribution is 2.23. The second kappa shape index (κ2) is 7.10. The molecule has 2 rings (SSSR count). The van der Waals surface area contributed by atoms with Crippen LogP contribution in [0.1, 0.15) is 11.7 Å². The van der Waals surface area contributed by atoms with Crippen molar-refractivity contribution < 1.29 is 23.0 Å². The number of hydrogen-bond donors (Lipinski definition) is 0. The molecule has 1 heterocycles. The number of carbonyl (C=O) groups is 1. The molecular weight excluding hydrogens is 308 g/mol. The molecule has 0 aliphatic carbocycles. The van der Waals surface area contributed by atoms with E-state index in [0.29, 0.717) is 5.75 Å². The van der Waals surface area contributed by atoms with Crippen LogP contribution >= 0.6 is 0 Å².